The summed E-state index contributed by atoms with van der Waals surface area (Å²) in [5.74, 6) is 0.0460. The van der Waals surface area contributed by atoms with Gasteiger partial charge in [-0.2, -0.15) is 0 Å². The minimum Gasteiger partial charge on any atom is -0.357 e. The van der Waals surface area contributed by atoms with Crippen LogP contribution in [-0.4, -0.2) is 10.9 Å². The first-order valence-corrected chi connectivity index (χ1v) is 6.91. The molecule has 2 rings (SSSR count). The molecule has 2 aromatic rings. The van der Waals surface area contributed by atoms with E-state index in [0.717, 1.165) is 28.7 Å². The lowest BCUT2D eigenvalue weighted by Gasteiger charge is -2.22. The van der Waals surface area contributed by atoms with Gasteiger partial charge in [0.2, 0.25) is 5.91 Å². The van der Waals surface area contributed by atoms with Crippen LogP contribution in [0.3, 0.4) is 0 Å². The molecule has 0 aliphatic heterocycles. The fourth-order valence-electron chi connectivity index (χ4n) is 2.52. The lowest BCUT2D eigenvalue weighted by molar-refractivity contribution is -0.118. The lowest BCUT2D eigenvalue weighted by atomic mass is 9.85. The number of carbonyl (C=O) groups excluding carboxylic acids is 1. The summed E-state index contributed by atoms with van der Waals surface area (Å²) in [6.07, 6.45) is 3.18. The fraction of sp³-hybridized carbons (Fsp3) is 0.353. The molecule has 0 radical (unpaired) electrons. The zero-order valence-corrected chi connectivity index (χ0v) is 12.4. The van der Waals surface area contributed by atoms with Crippen LogP contribution in [0.1, 0.15) is 32.4 Å². The van der Waals surface area contributed by atoms with Gasteiger partial charge in [-0.3, -0.25) is 4.79 Å². The van der Waals surface area contributed by atoms with Gasteiger partial charge < -0.3 is 10.3 Å². The van der Waals surface area contributed by atoms with Crippen molar-refractivity contribution in [2.24, 2.45) is 5.41 Å². The minimum atomic E-state index is -0.0636. The van der Waals surface area contributed by atoms with Gasteiger partial charge in [-0.15, -0.1) is 6.58 Å². The number of rotatable bonds is 5. The van der Waals surface area contributed by atoms with Crippen LogP contribution in [0.15, 0.2) is 36.9 Å². The minimum absolute atomic E-state index is 0.0460. The largest absolute Gasteiger partial charge is 0.357 e. The van der Waals surface area contributed by atoms with Crippen molar-refractivity contribution in [2.45, 2.75) is 33.6 Å². The second-order valence-corrected chi connectivity index (χ2v) is 6.05. The van der Waals surface area contributed by atoms with Crippen LogP contribution in [-0.2, 0) is 4.79 Å². The van der Waals surface area contributed by atoms with E-state index < -0.39 is 0 Å². The average Bonchev–Trinajstić information content (AvgIpc) is 2.65. The third kappa shape index (κ3) is 3.10. The molecule has 0 bridgehead atoms. The van der Waals surface area contributed by atoms with Crippen LogP contribution in [0.25, 0.3) is 10.9 Å². The predicted molar refractivity (Wildman–Crippen MR) is 84.9 cm³/mol. The maximum Gasteiger partial charge on any atom is 0.224 e. The zero-order chi connectivity index (χ0) is 14.8. The highest BCUT2D eigenvalue weighted by atomic mass is 16.1. The monoisotopic (exact) mass is 270 g/mol. The van der Waals surface area contributed by atoms with E-state index in [1.807, 2.05) is 37.3 Å². The number of para-hydroxylation sites is 1. The number of allylic oxidation sites excluding steroid dienone is 1. The molecule has 1 aromatic carbocycles. The molecular formula is C17H22N2O. The number of benzene rings is 1. The summed E-state index contributed by atoms with van der Waals surface area (Å²) in [6.45, 7) is 9.88. The fourth-order valence-corrected chi connectivity index (χ4v) is 2.52. The van der Waals surface area contributed by atoms with Gasteiger partial charge >= 0.3 is 0 Å². The lowest BCUT2D eigenvalue weighted by Crippen LogP contribution is -2.22. The van der Waals surface area contributed by atoms with E-state index in [-0.39, 0.29) is 11.3 Å². The number of fused-ring (bicyclic) bond motifs is 1. The highest BCUT2D eigenvalue weighted by molar-refractivity contribution is 6.03. The molecule has 1 aromatic heterocycles. The molecule has 1 heterocycles. The van der Waals surface area contributed by atoms with E-state index in [0.29, 0.717) is 6.42 Å². The first kappa shape index (κ1) is 14.4. The maximum absolute atomic E-state index is 12.2. The van der Waals surface area contributed by atoms with Crippen LogP contribution < -0.4 is 5.32 Å². The van der Waals surface area contributed by atoms with Crippen molar-refractivity contribution in [3.05, 3.63) is 42.6 Å². The number of hydrogen-bond acceptors (Lipinski definition) is 1. The van der Waals surface area contributed by atoms with Crippen LogP contribution in [0.4, 0.5) is 5.69 Å². The number of aromatic nitrogens is 1. The molecule has 0 aliphatic carbocycles. The van der Waals surface area contributed by atoms with Crippen molar-refractivity contribution in [3.8, 4) is 0 Å². The van der Waals surface area contributed by atoms with Gasteiger partial charge in [0.15, 0.2) is 0 Å². The van der Waals surface area contributed by atoms with Gasteiger partial charge in [0.25, 0.3) is 0 Å². The third-order valence-electron chi connectivity index (χ3n) is 3.49. The van der Waals surface area contributed by atoms with E-state index in [9.17, 15) is 4.79 Å². The Morgan fingerprint density at radius 3 is 2.80 bits per heavy atom. The Labute approximate surface area is 120 Å². The Kier molecular flexibility index (Phi) is 3.98. The molecule has 2 N–H and O–H groups in total. The molecule has 0 spiro atoms. The van der Waals surface area contributed by atoms with Crippen molar-refractivity contribution in [1.29, 1.82) is 0 Å². The predicted octanol–water partition coefficient (Wildman–Crippen LogP) is 4.41. The van der Waals surface area contributed by atoms with Gasteiger partial charge in [0.1, 0.15) is 0 Å². The Balaban J connectivity index is 2.18. The third-order valence-corrected chi connectivity index (χ3v) is 3.49. The summed E-state index contributed by atoms with van der Waals surface area (Å²) in [5, 5.41) is 4.10. The van der Waals surface area contributed by atoms with E-state index in [2.05, 4.69) is 30.7 Å². The first-order chi connectivity index (χ1) is 9.43. The highest BCUT2D eigenvalue weighted by Gasteiger charge is 2.21. The van der Waals surface area contributed by atoms with Gasteiger partial charge in [-0.1, -0.05) is 38.1 Å². The second-order valence-electron chi connectivity index (χ2n) is 6.05. The molecule has 3 nitrogen and oxygen atoms in total. The number of H-pyrrole nitrogens is 1. The van der Waals surface area contributed by atoms with Crippen molar-refractivity contribution in [2.75, 3.05) is 5.32 Å². The molecular weight excluding hydrogens is 248 g/mol. The molecule has 1 amide bonds. The maximum atomic E-state index is 12.2. The number of anilines is 1. The van der Waals surface area contributed by atoms with Gasteiger partial charge in [0, 0.05) is 23.0 Å². The topological polar surface area (TPSA) is 44.9 Å². The van der Waals surface area contributed by atoms with E-state index in [1.54, 1.807) is 0 Å². The number of carbonyl (C=O) groups is 1. The summed E-state index contributed by atoms with van der Waals surface area (Å²) in [6, 6.07) is 7.99. The van der Waals surface area contributed by atoms with Gasteiger partial charge in [-0.05, 0) is 24.8 Å². The number of nitrogens with one attached hydrogen (secondary N) is 2. The summed E-state index contributed by atoms with van der Waals surface area (Å²) >= 11 is 0. The first-order valence-electron chi connectivity index (χ1n) is 6.91. The molecule has 20 heavy (non-hydrogen) atoms. The molecule has 0 fully saturated rings. The molecule has 0 aliphatic rings. The SMILES string of the molecule is C=CCC(C)(C)CC(=O)Nc1c(C)[nH]c2ccccc12. The smallest absolute Gasteiger partial charge is 0.224 e. The number of aromatic amines is 1. The van der Waals surface area contributed by atoms with E-state index in [4.69, 9.17) is 0 Å². The van der Waals surface area contributed by atoms with Crippen LogP contribution >= 0.6 is 0 Å². The molecule has 0 unspecified atom stereocenters. The van der Waals surface area contributed by atoms with Crippen LogP contribution in [0.2, 0.25) is 0 Å². The van der Waals surface area contributed by atoms with Crippen molar-refractivity contribution < 1.29 is 4.79 Å². The van der Waals surface area contributed by atoms with E-state index >= 15 is 0 Å². The Bertz CT molecular complexity index is 637. The highest BCUT2D eigenvalue weighted by Crippen LogP contribution is 2.29. The van der Waals surface area contributed by atoms with Gasteiger partial charge in [-0.25, -0.2) is 0 Å². The second kappa shape index (κ2) is 5.53. The standard InChI is InChI=1S/C17H22N2O/c1-5-10-17(3,4)11-15(20)19-16-12(2)18-14-9-7-6-8-13(14)16/h5-9,18H,1,10-11H2,2-4H3,(H,19,20). The van der Waals surface area contributed by atoms with Crippen LogP contribution in [0.5, 0.6) is 0 Å². The molecule has 106 valence electrons. The number of amides is 1. The Morgan fingerprint density at radius 1 is 1.40 bits per heavy atom. The normalized spacial score (nSPS) is 11.6. The summed E-state index contributed by atoms with van der Waals surface area (Å²) in [4.78, 5) is 15.5. The molecule has 3 heteroatoms. The summed E-state index contributed by atoms with van der Waals surface area (Å²) in [5.41, 5.74) is 2.86. The summed E-state index contributed by atoms with van der Waals surface area (Å²) in [7, 11) is 0. The van der Waals surface area contributed by atoms with E-state index in [1.165, 1.54) is 0 Å². The number of aryl methyl sites for hydroxylation is 1. The van der Waals surface area contributed by atoms with Crippen molar-refractivity contribution in [1.82, 2.24) is 4.98 Å². The quantitative estimate of drug-likeness (QED) is 0.777. The van der Waals surface area contributed by atoms with Crippen LogP contribution in [0, 0.1) is 12.3 Å². The molecule has 0 saturated carbocycles. The van der Waals surface area contributed by atoms with Crippen molar-refractivity contribution >= 4 is 22.5 Å². The zero-order valence-electron chi connectivity index (χ0n) is 12.4. The van der Waals surface area contributed by atoms with Gasteiger partial charge in [0.05, 0.1) is 5.69 Å². The summed E-state index contributed by atoms with van der Waals surface area (Å²) < 4.78 is 0. The molecule has 0 atom stereocenters. The Morgan fingerprint density at radius 2 is 2.10 bits per heavy atom. The average molecular weight is 270 g/mol. The number of hydrogen-bond donors (Lipinski definition) is 2. The molecule has 0 saturated heterocycles. The van der Waals surface area contributed by atoms with Crippen molar-refractivity contribution in [3.63, 3.8) is 0 Å². The Hall–Kier alpha value is -2.03.